The molecular formula is C18H24FeO3+. The Labute approximate surface area is 147 Å². The average Bonchev–Trinajstić information content (AvgIpc) is 2.70. The van der Waals surface area contributed by atoms with Gasteiger partial charge in [0.15, 0.2) is 0 Å². The SMILES string of the molecule is CC/C(C)=C/[C-]=O.C[C]1[C](C)[C](C)[C](C)[C]1C.[C-]#[O+].[C-]#[O+].[Fe+2]. The van der Waals surface area contributed by atoms with Crippen LogP contribution >= 0.6 is 0 Å². The van der Waals surface area contributed by atoms with E-state index in [-0.39, 0.29) is 17.1 Å². The molecule has 0 bridgehead atoms. The normalized spacial score (nSPS) is 16.8. The summed E-state index contributed by atoms with van der Waals surface area (Å²) in [4.78, 5) is 9.57. The van der Waals surface area contributed by atoms with Crippen LogP contribution < -0.4 is 0 Å². The van der Waals surface area contributed by atoms with Crippen molar-refractivity contribution in [3.8, 4) is 0 Å². The molecule has 3 nitrogen and oxygen atoms in total. The van der Waals surface area contributed by atoms with Crippen LogP contribution in [0.15, 0.2) is 11.6 Å². The molecule has 0 aromatic rings. The van der Waals surface area contributed by atoms with Gasteiger partial charge in [0.1, 0.15) is 0 Å². The Morgan fingerprint density at radius 2 is 1.14 bits per heavy atom. The van der Waals surface area contributed by atoms with Crippen molar-refractivity contribution in [3.63, 3.8) is 0 Å². The molecule has 121 valence electrons. The number of carbonyl (C=O) groups excluding carboxylic acids is 1. The summed E-state index contributed by atoms with van der Waals surface area (Å²) in [5.74, 6) is 7.34. The van der Waals surface area contributed by atoms with Gasteiger partial charge in [-0.3, -0.25) is 0 Å². The largest absolute Gasteiger partial charge is 2.00 e. The maximum atomic E-state index is 9.57. The molecule has 0 heterocycles. The van der Waals surface area contributed by atoms with Crippen molar-refractivity contribution in [2.24, 2.45) is 0 Å². The van der Waals surface area contributed by atoms with E-state index in [0.29, 0.717) is 0 Å². The predicted molar refractivity (Wildman–Crippen MR) is 82.2 cm³/mol. The van der Waals surface area contributed by atoms with Crippen LogP contribution in [0.5, 0.6) is 0 Å². The molecule has 0 unspecified atom stereocenters. The van der Waals surface area contributed by atoms with E-state index in [9.17, 15) is 4.79 Å². The summed E-state index contributed by atoms with van der Waals surface area (Å²) in [5.41, 5.74) is 1.08. The van der Waals surface area contributed by atoms with Crippen LogP contribution in [0.1, 0.15) is 54.9 Å². The van der Waals surface area contributed by atoms with Gasteiger partial charge in [0, 0.05) is 0 Å². The minimum Gasteiger partial charge on any atom is 2.00 e. The molecule has 1 fully saturated rings. The Balaban J connectivity index is -0.000000120. The third-order valence-corrected chi connectivity index (χ3v) is 3.68. The summed E-state index contributed by atoms with van der Waals surface area (Å²) in [5, 5.41) is 0. The molecule has 5 radical (unpaired) electrons. The monoisotopic (exact) mass is 344 g/mol. The summed E-state index contributed by atoms with van der Waals surface area (Å²) >= 11 is 0. The molecule has 0 spiro atoms. The summed E-state index contributed by atoms with van der Waals surface area (Å²) < 4.78 is 15.0. The van der Waals surface area contributed by atoms with E-state index in [1.807, 2.05) is 13.8 Å². The molecule has 4 heteroatoms. The van der Waals surface area contributed by atoms with Crippen LogP contribution in [-0.2, 0) is 31.2 Å². The van der Waals surface area contributed by atoms with Crippen molar-refractivity contribution >= 4 is 6.29 Å². The smallest absolute Gasteiger partial charge is 2.00 e. The first-order valence-corrected chi connectivity index (χ1v) is 6.50. The first kappa shape index (κ1) is 29.4. The zero-order valence-electron chi connectivity index (χ0n) is 14.4. The molecule has 22 heavy (non-hydrogen) atoms. The van der Waals surface area contributed by atoms with Crippen LogP contribution in [0.4, 0.5) is 0 Å². The van der Waals surface area contributed by atoms with Gasteiger partial charge < -0.3 is 4.79 Å². The fourth-order valence-electron chi connectivity index (χ4n) is 1.61. The molecule has 0 atom stereocenters. The molecular weight excluding hydrogens is 320 g/mol. The quantitative estimate of drug-likeness (QED) is 0.318. The molecule has 0 saturated heterocycles. The van der Waals surface area contributed by atoms with Gasteiger partial charge in [-0.15, -0.1) is 13.3 Å². The second-order valence-corrected chi connectivity index (χ2v) is 4.59. The Kier molecular flexibility index (Phi) is 24.7. The maximum Gasteiger partial charge on any atom is 2.00 e. The van der Waals surface area contributed by atoms with Crippen molar-refractivity contribution in [1.29, 1.82) is 0 Å². The van der Waals surface area contributed by atoms with Gasteiger partial charge in [0.05, 0.1) is 0 Å². The van der Waals surface area contributed by atoms with Gasteiger partial charge in [0.25, 0.3) is 0 Å². The first-order valence-electron chi connectivity index (χ1n) is 6.50. The van der Waals surface area contributed by atoms with E-state index in [0.717, 1.165) is 12.0 Å². The minimum absolute atomic E-state index is 0. The van der Waals surface area contributed by atoms with Crippen molar-refractivity contribution in [3.05, 3.63) is 54.5 Å². The molecule has 0 N–H and O–H groups in total. The molecule has 1 aliphatic rings. The molecule has 1 saturated carbocycles. The summed E-state index contributed by atoms with van der Waals surface area (Å²) in [7, 11) is 0. The topological polar surface area (TPSA) is 56.9 Å². The van der Waals surface area contributed by atoms with Gasteiger partial charge in [0.2, 0.25) is 0 Å². The predicted octanol–water partition coefficient (Wildman–Crippen LogP) is 4.35. The second-order valence-electron chi connectivity index (χ2n) is 4.59. The number of hydrogen-bond donors (Lipinski definition) is 0. The van der Waals surface area contributed by atoms with Crippen LogP contribution in [0.25, 0.3) is 0 Å². The Hall–Kier alpha value is -0.591. The van der Waals surface area contributed by atoms with E-state index in [1.54, 1.807) is 6.29 Å². The van der Waals surface area contributed by atoms with E-state index < -0.39 is 0 Å². The van der Waals surface area contributed by atoms with E-state index in [1.165, 1.54) is 35.7 Å². The summed E-state index contributed by atoms with van der Waals surface area (Å²) in [6.07, 6.45) is 4.10. The second kappa shape index (κ2) is 18.5. The third kappa shape index (κ3) is 11.0. The Bertz CT molecular complexity index is 283. The zero-order chi connectivity index (χ0) is 17.6. The van der Waals surface area contributed by atoms with Crippen molar-refractivity contribution in [2.45, 2.75) is 54.9 Å². The fourth-order valence-corrected chi connectivity index (χ4v) is 1.61. The molecule has 0 aromatic heterocycles. The Morgan fingerprint density at radius 3 is 1.23 bits per heavy atom. The summed E-state index contributed by atoms with van der Waals surface area (Å²) in [6, 6.07) is 0. The number of hydrogen-bond acceptors (Lipinski definition) is 1. The first-order chi connectivity index (χ1) is 9.86. The van der Waals surface area contributed by atoms with Crippen molar-refractivity contribution < 1.29 is 31.2 Å². The van der Waals surface area contributed by atoms with Gasteiger partial charge in [-0.25, -0.2) is 5.57 Å². The summed E-state index contributed by atoms with van der Waals surface area (Å²) in [6.45, 7) is 23.9. The Morgan fingerprint density at radius 1 is 0.909 bits per heavy atom. The van der Waals surface area contributed by atoms with Crippen LogP contribution in [0.2, 0.25) is 0 Å². The van der Waals surface area contributed by atoms with E-state index in [2.05, 4.69) is 47.9 Å². The average molecular weight is 344 g/mol. The van der Waals surface area contributed by atoms with Gasteiger partial charge in [-0.1, -0.05) is 41.5 Å². The van der Waals surface area contributed by atoms with Crippen LogP contribution in [-0.4, -0.2) is 6.29 Å². The fraction of sp³-hybridized carbons (Fsp3) is 0.444. The van der Waals surface area contributed by atoms with Crippen LogP contribution in [0, 0.1) is 42.9 Å². The minimum atomic E-state index is 0. The molecule has 0 aliphatic heterocycles. The van der Waals surface area contributed by atoms with Crippen molar-refractivity contribution in [1.82, 2.24) is 0 Å². The third-order valence-electron chi connectivity index (χ3n) is 3.68. The van der Waals surface area contributed by atoms with Gasteiger partial charge in [-0.05, 0) is 35.9 Å². The van der Waals surface area contributed by atoms with Gasteiger partial charge >= 0.3 is 39.7 Å². The zero-order valence-corrected chi connectivity index (χ0v) is 15.5. The van der Waals surface area contributed by atoms with E-state index >= 15 is 0 Å². The molecule has 0 amide bonds. The van der Waals surface area contributed by atoms with Crippen molar-refractivity contribution in [2.75, 3.05) is 0 Å². The molecule has 1 rings (SSSR count). The standard InChI is InChI=1S/C10H15.C6H9O.2CO.Fe/c1-6-7(2)9(4)10(5)8(6)3;1-3-6(2)4-5-7;2*1-2;/h1-5H3;4H,3H2,1-2H3;;;/q;-1;;;+2/b;6-4+;;;. The maximum absolute atomic E-state index is 9.57. The molecule has 1 aliphatic carbocycles. The number of rotatable bonds is 2. The van der Waals surface area contributed by atoms with Gasteiger partial charge in [-0.2, -0.15) is 6.08 Å². The number of allylic oxidation sites excluding steroid dienone is 2. The van der Waals surface area contributed by atoms with Crippen LogP contribution in [0.3, 0.4) is 0 Å². The molecule has 0 aromatic carbocycles. The van der Waals surface area contributed by atoms with E-state index in [4.69, 9.17) is 9.30 Å².